The molecule has 1 aromatic heterocycles. The zero-order chi connectivity index (χ0) is 22.0. The number of ether oxygens (including phenoxy) is 1. The van der Waals surface area contributed by atoms with Crippen LogP contribution in [0.4, 0.5) is 0 Å². The molecule has 0 spiro atoms. The summed E-state index contributed by atoms with van der Waals surface area (Å²) in [5.74, 6) is 0.0351. The third-order valence-electron chi connectivity index (χ3n) is 4.96. The van der Waals surface area contributed by atoms with Crippen LogP contribution >= 0.6 is 0 Å². The highest BCUT2D eigenvalue weighted by molar-refractivity contribution is 5.82. The van der Waals surface area contributed by atoms with E-state index in [0.29, 0.717) is 5.57 Å². The Labute approximate surface area is 179 Å². The van der Waals surface area contributed by atoms with Gasteiger partial charge < -0.3 is 4.74 Å². The van der Waals surface area contributed by atoms with E-state index in [4.69, 9.17) is 11.3 Å². The summed E-state index contributed by atoms with van der Waals surface area (Å²) >= 11 is 0. The summed E-state index contributed by atoms with van der Waals surface area (Å²) in [6.07, 6.45) is 1.85. The topological polar surface area (TPSA) is 91.9 Å². The number of hydrogen-bond donors (Lipinski definition) is 0. The molecule has 0 fully saturated rings. The average Bonchev–Trinajstić information content (AvgIpc) is 3.38. The van der Waals surface area contributed by atoms with Crippen LogP contribution in [0.1, 0.15) is 19.4 Å². The SMILES string of the molecule is [C-]#[N+]C1=C(c2ccc(-n3cc(-c4ccccc4)nn3)cc2)C(C)(C)OC1=C(C#N)C#N. The van der Waals surface area contributed by atoms with Crippen LogP contribution in [0.5, 0.6) is 0 Å². The number of nitriles is 2. The molecule has 0 amide bonds. The highest BCUT2D eigenvalue weighted by Crippen LogP contribution is 2.45. The van der Waals surface area contributed by atoms with Crippen LogP contribution in [0.15, 0.2) is 77.8 Å². The van der Waals surface area contributed by atoms with Crippen LogP contribution in [0.2, 0.25) is 0 Å². The van der Waals surface area contributed by atoms with Gasteiger partial charge in [-0.1, -0.05) is 47.7 Å². The first kappa shape index (κ1) is 19.6. The largest absolute Gasteiger partial charge is 0.493 e. The molecule has 0 saturated carbocycles. The Balaban J connectivity index is 1.73. The van der Waals surface area contributed by atoms with Crippen LogP contribution in [0.3, 0.4) is 0 Å². The van der Waals surface area contributed by atoms with Crippen molar-refractivity contribution in [2.75, 3.05) is 0 Å². The Hall–Kier alpha value is -4.67. The molecule has 0 radical (unpaired) electrons. The molecule has 1 aliphatic heterocycles. The zero-order valence-electron chi connectivity index (χ0n) is 16.9. The third kappa shape index (κ3) is 3.44. The van der Waals surface area contributed by atoms with Gasteiger partial charge in [0, 0.05) is 11.1 Å². The first-order chi connectivity index (χ1) is 15.0. The Kier molecular flexibility index (Phi) is 4.83. The molecule has 0 bridgehead atoms. The second-order valence-electron chi connectivity index (χ2n) is 7.34. The van der Waals surface area contributed by atoms with Crippen LogP contribution in [0.25, 0.3) is 27.4 Å². The van der Waals surface area contributed by atoms with E-state index in [1.165, 1.54) is 0 Å². The number of aromatic nitrogens is 3. The van der Waals surface area contributed by atoms with E-state index in [1.807, 2.05) is 86.8 Å². The van der Waals surface area contributed by atoms with Gasteiger partial charge in [-0.25, -0.2) is 9.53 Å². The van der Waals surface area contributed by atoms with Gasteiger partial charge >= 0.3 is 0 Å². The maximum Gasteiger partial charge on any atom is 0.237 e. The van der Waals surface area contributed by atoms with Gasteiger partial charge in [0.25, 0.3) is 0 Å². The Morgan fingerprint density at radius 2 is 1.71 bits per heavy atom. The van der Waals surface area contributed by atoms with E-state index in [-0.39, 0.29) is 17.0 Å². The summed E-state index contributed by atoms with van der Waals surface area (Å²) in [6.45, 7) is 11.2. The molecule has 4 rings (SSSR count). The van der Waals surface area contributed by atoms with Crippen LogP contribution in [0, 0.1) is 29.2 Å². The van der Waals surface area contributed by atoms with Crippen molar-refractivity contribution in [1.29, 1.82) is 10.5 Å². The summed E-state index contributed by atoms with van der Waals surface area (Å²) in [6, 6.07) is 20.9. The zero-order valence-corrected chi connectivity index (χ0v) is 16.9. The minimum Gasteiger partial charge on any atom is -0.493 e. The molecule has 148 valence electrons. The van der Waals surface area contributed by atoms with Gasteiger partial charge in [-0.3, -0.25) is 0 Å². The van der Waals surface area contributed by atoms with Crippen molar-refractivity contribution < 1.29 is 4.74 Å². The van der Waals surface area contributed by atoms with E-state index < -0.39 is 5.60 Å². The molecule has 2 aromatic carbocycles. The monoisotopic (exact) mass is 404 g/mol. The van der Waals surface area contributed by atoms with Crippen LogP contribution < -0.4 is 0 Å². The van der Waals surface area contributed by atoms with Gasteiger partial charge in [0.15, 0.2) is 11.3 Å². The first-order valence-corrected chi connectivity index (χ1v) is 9.43. The van der Waals surface area contributed by atoms with Crippen molar-refractivity contribution in [2.24, 2.45) is 0 Å². The standard InChI is InChI=1S/C24H16N6O/c1-24(2)21(22(27-3)23(31-24)18(13-25)14-26)17-9-11-19(12-10-17)30-15-20(28-29-30)16-7-5-4-6-8-16/h4-12,15H,1-2H3. The lowest BCUT2D eigenvalue weighted by molar-refractivity contribution is 0.109. The van der Waals surface area contributed by atoms with Crippen molar-refractivity contribution in [3.63, 3.8) is 0 Å². The van der Waals surface area contributed by atoms with Crippen molar-refractivity contribution >= 4 is 5.57 Å². The van der Waals surface area contributed by atoms with Gasteiger partial charge in [0.05, 0.1) is 18.5 Å². The lowest BCUT2D eigenvalue weighted by Crippen LogP contribution is -2.21. The molecule has 31 heavy (non-hydrogen) atoms. The molecule has 2 heterocycles. The van der Waals surface area contributed by atoms with Gasteiger partial charge in [0.1, 0.15) is 23.4 Å². The Bertz CT molecular complexity index is 1320. The predicted octanol–water partition coefficient (Wildman–Crippen LogP) is 4.67. The van der Waals surface area contributed by atoms with Gasteiger partial charge in [-0.2, -0.15) is 10.5 Å². The fourth-order valence-electron chi connectivity index (χ4n) is 3.55. The second kappa shape index (κ2) is 7.63. The number of allylic oxidation sites excluding steroid dienone is 1. The number of hydrogen-bond acceptors (Lipinski definition) is 5. The molecular formula is C24H16N6O. The van der Waals surface area contributed by atoms with Crippen molar-refractivity contribution in [3.05, 3.63) is 94.8 Å². The van der Waals surface area contributed by atoms with Gasteiger partial charge in [-0.05, 0) is 31.5 Å². The maximum absolute atomic E-state index is 9.22. The summed E-state index contributed by atoms with van der Waals surface area (Å²) < 4.78 is 7.53. The smallest absolute Gasteiger partial charge is 0.237 e. The molecule has 3 aromatic rings. The lowest BCUT2D eigenvalue weighted by atomic mass is 9.91. The third-order valence-corrected chi connectivity index (χ3v) is 4.96. The van der Waals surface area contributed by atoms with Gasteiger partial charge in [-0.15, -0.1) is 5.10 Å². The van der Waals surface area contributed by atoms with E-state index >= 15 is 0 Å². The summed E-state index contributed by atoms with van der Waals surface area (Å²) in [4.78, 5) is 3.57. The lowest BCUT2D eigenvalue weighted by Gasteiger charge is -2.23. The fraction of sp³-hybridized carbons (Fsp3) is 0.125. The minimum atomic E-state index is -0.858. The highest BCUT2D eigenvalue weighted by atomic mass is 16.5. The number of nitrogens with zero attached hydrogens (tertiary/aromatic N) is 6. The van der Waals surface area contributed by atoms with Crippen molar-refractivity contribution in [1.82, 2.24) is 15.0 Å². The Morgan fingerprint density at radius 1 is 1.03 bits per heavy atom. The van der Waals surface area contributed by atoms with Crippen molar-refractivity contribution in [2.45, 2.75) is 19.4 Å². The summed E-state index contributed by atoms with van der Waals surface area (Å²) in [5, 5.41) is 26.9. The fourth-order valence-corrected chi connectivity index (χ4v) is 3.55. The molecule has 7 nitrogen and oxygen atoms in total. The van der Waals surface area contributed by atoms with E-state index in [2.05, 4.69) is 15.2 Å². The Morgan fingerprint density at radius 3 is 2.32 bits per heavy atom. The molecule has 7 heteroatoms. The van der Waals surface area contributed by atoms with Crippen LogP contribution in [-0.4, -0.2) is 20.6 Å². The molecule has 0 saturated heterocycles. The van der Waals surface area contributed by atoms with Gasteiger partial charge in [0.2, 0.25) is 5.70 Å². The van der Waals surface area contributed by atoms with Crippen molar-refractivity contribution in [3.8, 4) is 29.1 Å². The second-order valence-corrected chi connectivity index (χ2v) is 7.34. The number of rotatable bonds is 3. The highest BCUT2D eigenvalue weighted by Gasteiger charge is 2.40. The van der Waals surface area contributed by atoms with E-state index in [1.54, 1.807) is 4.68 Å². The maximum atomic E-state index is 9.22. The molecule has 1 aliphatic rings. The average molecular weight is 404 g/mol. The van der Waals surface area contributed by atoms with Crippen LogP contribution in [-0.2, 0) is 4.74 Å². The minimum absolute atomic E-state index is 0.0351. The molecule has 0 atom stereocenters. The normalized spacial score (nSPS) is 14.4. The molecular weight excluding hydrogens is 388 g/mol. The summed E-state index contributed by atoms with van der Waals surface area (Å²) in [7, 11) is 0. The predicted molar refractivity (Wildman–Crippen MR) is 114 cm³/mol. The van der Waals surface area contributed by atoms with E-state index in [9.17, 15) is 10.5 Å². The summed E-state index contributed by atoms with van der Waals surface area (Å²) in [5.41, 5.74) is 3.08. The number of benzene rings is 2. The molecule has 0 aliphatic carbocycles. The molecule has 0 unspecified atom stereocenters. The molecule has 0 N–H and O–H groups in total. The van der Waals surface area contributed by atoms with E-state index in [0.717, 1.165) is 22.5 Å². The first-order valence-electron chi connectivity index (χ1n) is 9.43. The quantitative estimate of drug-likeness (QED) is 0.467.